The molecule has 2 heterocycles. The van der Waals surface area contributed by atoms with Gasteiger partial charge in [0.05, 0.1) is 16.6 Å². The van der Waals surface area contributed by atoms with Crippen molar-refractivity contribution in [1.82, 2.24) is 14.5 Å². The molecule has 0 aliphatic carbocycles. The molecule has 0 saturated carbocycles. The van der Waals surface area contributed by atoms with E-state index in [0.29, 0.717) is 6.42 Å². The molecule has 4 heteroatoms. The summed E-state index contributed by atoms with van der Waals surface area (Å²) in [5, 5.41) is 11.0. The van der Waals surface area contributed by atoms with Gasteiger partial charge in [-0.15, -0.1) is 0 Å². The molecule has 1 N–H and O–H groups in total. The van der Waals surface area contributed by atoms with Crippen LogP contribution < -0.4 is 0 Å². The third kappa shape index (κ3) is 2.97. The molecule has 114 valence electrons. The third-order valence-electron chi connectivity index (χ3n) is 4.68. The molecular weight excluding hydrogens is 262 g/mol. The fraction of sp³-hybridized carbons (Fsp3) is 0.588. The van der Waals surface area contributed by atoms with E-state index in [1.807, 2.05) is 6.07 Å². The number of aryl methyl sites for hydroxylation is 1. The number of aromatic nitrogens is 2. The Morgan fingerprint density at radius 2 is 2.05 bits per heavy atom. The number of likely N-dealkylation sites (tertiary alicyclic amines) is 1. The van der Waals surface area contributed by atoms with Gasteiger partial charge in [-0.2, -0.15) is 0 Å². The van der Waals surface area contributed by atoms with Gasteiger partial charge >= 0.3 is 0 Å². The van der Waals surface area contributed by atoms with Crippen molar-refractivity contribution in [3.63, 3.8) is 0 Å². The summed E-state index contributed by atoms with van der Waals surface area (Å²) in [6.45, 7) is 5.07. The van der Waals surface area contributed by atoms with Crippen LogP contribution in [0.1, 0.15) is 32.0 Å². The first-order chi connectivity index (χ1) is 10.1. The van der Waals surface area contributed by atoms with Gasteiger partial charge in [0.25, 0.3) is 0 Å². The fourth-order valence-corrected chi connectivity index (χ4v) is 3.40. The highest BCUT2D eigenvalue weighted by atomic mass is 16.3. The third-order valence-corrected chi connectivity index (χ3v) is 4.68. The largest absolute Gasteiger partial charge is 0.389 e. The molecule has 1 atom stereocenters. The van der Waals surface area contributed by atoms with Gasteiger partial charge in [0.1, 0.15) is 5.82 Å². The summed E-state index contributed by atoms with van der Waals surface area (Å²) in [7, 11) is 2.13. The summed E-state index contributed by atoms with van der Waals surface area (Å²) in [5.41, 5.74) is 1.59. The SMILES string of the molecule is CCn1c(CC2(O)CCCN(C)CC2)nc2ccccc21. The number of benzene rings is 1. The smallest absolute Gasteiger partial charge is 0.112 e. The van der Waals surface area contributed by atoms with Crippen molar-refractivity contribution < 1.29 is 5.11 Å². The standard InChI is InChI=1S/C17H25N3O/c1-3-20-15-8-5-4-7-14(15)18-16(20)13-17(21)9-6-11-19(2)12-10-17/h4-5,7-8,21H,3,6,9-13H2,1-2H3. The van der Waals surface area contributed by atoms with Crippen molar-refractivity contribution in [2.45, 2.75) is 44.8 Å². The van der Waals surface area contributed by atoms with Crippen LogP contribution in [-0.4, -0.2) is 45.3 Å². The summed E-state index contributed by atoms with van der Waals surface area (Å²) in [5.74, 6) is 1.02. The van der Waals surface area contributed by atoms with E-state index < -0.39 is 5.60 Å². The molecule has 1 aromatic carbocycles. The zero-order valence-corrected chi connectivity index (χ0v) is 13.0. The molecule has 1 unspecified atom stereocenters. The zero-order valence-electron chi connectivity index (χ0n) is 13.0. The Morgan fingerprint density at radius 1 is 1.24 bits per heavy atom. The van der Waals surface area contributed by atoms with Gasteiger partial charge in [0.15, 0.2) is 0 Å². The minimum absolute atomic E-state index is 0.612. The van der Waals surface area contributed by atoms with Crippen LogP contribution in [0.15, 0.2) is 24.3 Å². The minimum Gasteiger partial charge on any atom is -0.389 e. The van der Waals surface area contributed by atoms with Crippen molar-refractivity contribution in [2.75, 3.05) is 20.1 Å². The first-order valence-corrected chi connectivity index (χ1v) is 7.96. The summed E-state index contributed by atoms with van der Waals surface area (Å²) < 4.78 is 2.24. The molecule has 0 bridgehead atoms. The quantitative estimate of drug-likeness (QED) is 0.943. The molecular formula is C17H25N3O. The maximum absolute atomic E-state index is 11.0. The second kappa shape index (κ2) is 5.78. The monoisotopic (exact) mass is 287 g/mol. The maximum atomic E-state index is 11.0. The highest BCUT2D eigenvalue weighted by Gasteiger charge is 2.31. The lowest BCUT2D eigenvalue weighted by Gasteiger charge is -2.26. The van der Waals surface area contributed by atoms with Gasteiger partial charge in [-0.25, -0.2) is 4.98 Å². The van der Waals surface area contributed by atoms with E-state index in [1.54, 1.807) is 0 Å². The van der Waals surface area contributed by atoms with Crippen LogP contribution in [0.2, 0.25) is 0 Å². The Labute approximate surface area is 126 Å². The number of aliphatic hydroxyl groups is 1. The molecule has 1 aromatic heterocycles. The Bertz CT molecular complexity index is 622. The van der Waals surface area contributed by atoms with E-state index >= 15 is 0 Å². The molecule has 0 spiro atoms. The predicted molar refractivity (Wildman–Crippen MR) is 85.4 cm³/mol. The molecule has 0 amide bonds. The molecule has 2 aromatic rings. The number of nitrogens with zero attached hydrogens (tertiary/aromatic N) is 3. The van der Waals surface area contributed by atoms with E-state index in [1.165, 1.54) is 5.52 Å². The highest BCUT2D eigenvalue weighted by molar-refractivity contribution is 5.75. The van der Waals surface area contributed by atoms with Crippen LogP contribution in [0.5, 0.6) is 0 Å². The predicted octanol–water partition coefficient (Wildman–Crippen LogP) is 2.45. The Kier molecular flexibility index (Phi) is 4.00. The average molecular weight is 287 g/mol. The van der Waals surface area contributed by atoms with Gasteiger partial charge in [0.2, 0.25) is 0 Å². The second-order valence-corrected chi connectivity index (χ2v) is 6.32. The lowest BCUT2D eigenvalue weighted by molar-refractivity contribution is 0.0238. The molecule has 0 radical (unpaired) electrons. The number of para-hydroxylation sites is 2. The first-order valence-electron chi connectivity index (χ1n) is 7.96. The van der Waals surface area contributed by atoms with Crippen LogP contribution in [-0.2, 0) is 13.0 Å². The van der Waals surface area contributed by atoms with Crippen molar-refractivity contribution in [2.24, 2.45) is 0 Å². The normalized spacial score (nSPS) is 24.3. The molecule has 1 fully saturated rings. The number of rotatable bonds is 3. The first kappa shape index (κ1) is 14.5. The van der Waals surface area contributed by atoms with Crippen LogP contribution in [0.25, 0.3) is 11.0 Å². The van der Waals surface area contributed by atoms with Gasteiger partial charge < -0.3 is 14.6 Å². The van der Waals surface area contributed by atoms with Crippen LogP contribution in [0, 0.1) is 0 Å². The number of fused-ring (bicyclic) bond motifs is 1. The molecule has 21 heavy (non-hydrogen) atoms. The van der Waals surface area contributed by atoms with Crippen molar-refractivity contribution in [3.8, 4) is 0 Å². The maximum Gasteiger partial charge on any atom is 0.112 e. The Balaban J connectivity index is 1.90. The van der Waals surface area contributed by atoms with Gasteiger partial charge in [-0.1, -0.05) is 12.1 Å². The van der Waals surface area contributed by atoms with E-state index in [9.17, 15) is 5.11 Å². The van der Waals surface area contributed by atoms with Crippen LogP contribution in [0.3, 0.4) is 0 Å². The average Bonchev–Trinajstić information content (AvgIpc) is 2.72. The van der Waals surface area contributed by atoms with E-state index in [2.05, 4.69) is 41.6 Å². The van der Waals surface area contributed by atoms with Gasteiger partial charge in [0, 0.05) is 19.5 Å². The summed E-state index contributed by atoms with van der Waals surface area (Å²) in [6.07, 6.45) is 3.41. The van der Waals surface area contributed by atoms with Crippen molar-refractivity contribution in [3.05, 3.63) is 30.1 Å². The lowest BCUT2D eigenvalue weighted by Crippen LogP contribution is -2.34. The number of hydrogen-bond acceptors (Lipinski definition) is 3. The van der Waals surface area contributed by atoms with Crippen molar-refractivity contribution >= 4 is 11.0 Å². The van der Waals surface area contributed by atoms with Crippen molar-refractivity contribution in [1.29, 1.82) is 0 Å². The molecule has 1 aliphatic heterocycles. The van der Waals surface area contributed by atoms with E-state index in [4.69, 9.17) is 4.98 Å². The molecule has 4 nitrogen and oxygen atoms in total. The summed E-state index contributed by atoms with van der Waals surface area (Å²) >= 11 is 0. The molecule has 3 rings (SSSR count). The van der Waals surface area contributed by atoms with Crippen LogP contribution in [0.4, 0.5) is 0 Å². The Morgan fingerprint density at radius 3 is 2.86 bits per heavy atom. The number of imidazole rings is 1. The van der Waals surface area contributed by atoms with E-state index in [0.717, 1.165) is 50.2 Å². The summed E-state index contributed by atoms with van der Waals surface area (Å²) in [4.78, 5) is 7.07. The van der Waals surface area contributed by atoms with Gasteiger partial charge in [-0.05, 0) is 51.9 Å². The lowest BCUT2D eigenvalue weighted by atomic mass is 9.91. The molecule has 1 saturated heterocycles. The second-order valence-electron chi connectivity index (χ2n) is 6.32. The zero-order chi connectivity index (χ0) is 14.9. The molecule has 1 aliphatic rings. The van der Waals surface area contributed by atoms with Gasteiger partial charge in [-0.3, -0.25) is 0 Å². The fourth-order valence-electron chi connectivity index (χ4n) is 3.40. The topological polar surface area (TPSA) is 41.3 Å². The highest BCUT2D eigenvalue weighted by Crippen LogP contribution is 2.27. The Hall–Kier alpha value is -1.39. The minimum atomic E-state index is -0.612. The van der Waals surface area contributed by atoms with E-state index in [-0.39, 0.29) is 0 Å². The summed E-state index contributed by atoms with van der Waals surface area (Å²) in [6, 6.07) is 8.24. The number of hydrogen-bond donors (Lipinski definition) is 1. The van der Waals surface area contributed by atoms with Crippen LogP contribution >= 0.6 is 0 Å².